The van der Waals surface area contributed by atoms with E-state index in [0.717, 1.165) is 11.1 Å². The molecule has 0 radical (unpaired) electrons. The van der Waals surface area contributed by atoms with Gasteiger partial charge in [-0.2, -0.15) is 11.3 Å². The van der Waals surface area contributed by atoms with Gasteiger partial charge in [-0.25, -0.2) is 0 Å². The van der Waals surface area contributed by atoms with E-state index in [0.29, 0.717) is 22.6 Å². The fourth-order valence-corrected chi connectivity index (χ4v) is 6.10. The van der Waals surface area contributed by atoms with Crippen molar-refractivity contribution in [2.24, 2.45) is 11.8 Å². The third-order valence-corrected chi connectivity index (χ3v) is 7.80. The lowest BCUT2D eigenvalue weighted by Crippen LogP contribution is -2.42. The number of fused-ring (bicyclic) bond motifs is 3. The summed E-state index contributed by atoms with van der Waals surface area (Å²) in [6.07, 6.45) is 0. The Morgan fingerprint density at radius 2 is 1.75 bits per heavy atom. The van der Waals surface area contributed by atoms with Gasteiger partial charge in [-0.15, -0.1) is 0 Å². The number of aromatic hydroxyl groups is 1. The van der Waals surface area contributed by atoms with E-state index in [4.69, 9.17) is 23.7 Å². The molecule has 9 nitrogen and oxygen atoms in total. The Morgan fingerprint density at radius 1 is 1.06 bits per heavy atom. The van der Waals surface area contributed by atoms with Gasteiger partial charge in [-0.05, 0) is 52.4 Å². The molecule has 1 saturated heterocycles. The maximum Gasteiger partial charge on any atom is 0.310 e. The molecule has 186 valence electrons. The zero-order chi connectivity index (χ0) is 25.0. The Labute approximate surface area is 210 Å². The minimum absolute atomic E-state index is 0.0879. The van der Waals surface area contributed by atoms with Crippen LogP contribution in [-0.2, 0) is 9.53 Å². The number of cyclic esters (lactones) is 1. The number of methoxy groups -OCH3 is 2. The molecule has 36 heavy (non-hydrogen) atoms. The molecule has 10 heteroatoms. The zero-order valence-electron chi connectivity index (χ0n) is 19.5. The maximum atomic E-state index is 13.2. The monoisotopic (exact) mass is 509 g/mol. The van der Waals surface area contributed by atoms with E-state index in [1.165, 1.54) is 25.6 Å². The van der Waals surface area contributed by atoms with Crippen molar-refractivity contribution in [3.05, 3.63) is 63.3 Å². The quantitative estimate of drug-likeness (QED) is 0.502. The van der Waals surface area contributed by atoms with Gasteiger partial charge >= 0.3 is 5.97 Å². The Morgan fingerprint density at radius 3 is 2.39 bits per heavy atom. The van der Waals surface area contributed by atoms with E-state index in [1.54, 1.807) is 23.6 Å². The summed E-state index contributed by atoms with van der Waals surface area (Å²) in [6.45, 7) is 0.249. The summed E-state index contributed by atoms with van der Waals surface area (Å²) in [5.41, 5.74) is 2.88. The lowest BCUT2D eigenvalue weighted by atomic mass is 9.65. The number of hydrogen-bond donors (Lipinski definition) is 2. The number of phenolic OH excluding ortho intramolecular Hbond substituents is 1. The average Bonchev–Trinajstić information content (AvgIpc) is 3.65. The van der Waals surface area contributed by atoms with E-state index >= 15 is 0 Å². The van der Waals surface area contributed by atoms with Crippen molar-refractivity contribution in [1.82, 2.24) is 5.32 Å². The highest BCUT2D eigenvalue weighted by molar-refractivity contribution is 7.08. The van der Waals surface area contributed by atoms with Crippen LogP contribution in [0.15, 0.2) is 41.1 Å². The van der Waals surface area contributed by atoms with Gasteiger partial charge in [0.15, 0.2) is 23.0 Å². The van der Waals surface area contributed by atoms with Crippen molar-refractivity contribution in [1.29, 1.82) is 0 Å². The molecule has 0 saturated carbocycles. The number of rotatable bonds is 5. The van der Waals surface area contributed by atoms with Crippen LogP contribution in [0.2, 0.25) is 0 Å². The Hall–Kier alpha value is -3.92. The summed E-state index contributed by atoms with van der Waals surface area (Å²) < 4.78 is 27.6. The predicted octanol–water partition coefficient (Wildman–Crippen LogP) is 3.61. The van der Waals surface area contributed by atoms with Crippen LogP contribution in [0.4, 0.5) is 0 Å². The first-order chi connectivity index (χ1) is 17.5. The van der Waals surface area contributed by atoms with Gasteiger partial charge in [0, 0.05) is 17.2 Å². The molecule has 3 heterocycles. The summed E-state index contributed by atoms with van der Waals surface area (Å²) in [5.74, 6) is -0.512. The van der Waals surface area contributed by atoms with Crippen LogP contribution < -0.4 is 24.3 Å². The first-order valence-electron chi connectivity index (χ1n) is 11.4. The molecule has 0 bridgehead atoms. The number of thiophene rings is 1. The number of amides is 1. The van der Waals surface area contributed by atoms with Crippen molar-refractivity contribution in [3.8, 4) is 28.7 Å². The predicted molar refractivity (Wildman–Crippen MR) is 128 cm³/mol. The van der Waals surface area contributed by atoms with Crippen LogP contribution in [0, 0.1) is 11.8 Å². The Bertz CT molecular complexity index is 1330. The van der Waals surface area contributed by atoms with Gasteiger partial charge in [-0.1, -0.05) is 0 Å². The largest absolute Gasteiger partial charge is 0.502 e. The fourth-order valence-electron chi connectivity index (χ4n) is 5.46. The normalized spacial score (nSPS) is 23.4. The van der Waals surface area contributed by atoms with Gasteiger partial charge in [-0.3, -0.25) is 9.59 Å². The van der Waals surface area contributed by atoms with E-state index in [2.05, 4.69) is 5.32 Å². The van der Waals surface area contributed by atoms with Crippen LogP contribution in [0.5, 0.6) is 28.7 Å². The highest BCUT2D eigenvalue weighted by atomic mass is 32.1. The maximum absolute atomic E-state index is 13.2. The van der Waals surface area contributed by atoms with Crippen LogP contribution in [-0.4, -0.2) is 44.6 Å². The molecule has 4 atom stereocenters. The van der Waals surface area contributed by atoms with Crippen LogP contribution in [0.3, 0.4) is 0 Å². The molecule has 1 aromatic heterocycles. The average molecular weight is 510 g/mol. The molecule has 1 amide bonds. The zero-order valence-corrected chi connectivity index (χ0v) is 20.3. The van der Waals surface area contributed by atoms with Gasteiger partial charge < -0.3 is 34.1 Å². The second kappa shape index (κ2) is 8.63. The molecule has 2 unspecified atom stereocenters. The Kier molecular flexibility index (Phi) is 5.40. The van der Waals surface area contributed by atoms with Gasteiger partial charge in [0.05, 0.1) is 38.3 Å². The number of ether oxygens (including phenoxy) is 5. The van der Waals surface area contributed by atoms with Crippen molar-refractivity contribution in [2.45, 2.75) is 12.0 Å². The Balaban J connectivity index is 1.54. The molecule has 6 rings (SSSR count). The van der Waals surface area contributed by atoms with E-state index in [1.807, 2.05) is 17.5 Å². The topological polar surface area (TPSA) is 113 Å². The number of phenols is 1. The molecule has 1 aliphatic carbocycles. The smallest absolute Gasteiger partial charge is 0.310 e. The third-order valence-electron chi connectivity index (χ3n) is 7.12. The van der Waals surface area contributed by atoms with Gasteiger partial charge in [0.25, 0.3) is 5.91 Å². The molecule has 1 fully saturated rings. The summed E-state index contributed by atoms with van der Waals surface area (Å²) in [5, 5.41) is 17.2. The molecular formula is C26H23NO8S. The standard InChI is InChI=1S/C26H23NO8S/c1-31-19-5-13(6-20(32-2)24(19)28)21-14-7-17-18(35-11-34-17)8-15(14)23(16-9-33-26(30)22(16)21)27-25(29)12-3-4-36-10-12/h3-8,10,16,21-23,28H,9,11H2,1-2H3,(H,27,29)/t16?,21-,22+,23?/m1/s1. The molecule has 2 aromatic carbocycles. The van der Waals surface area contributed by atoms with Crippen molar-refractivity contribution < 1.29 is 38.4 Å². The van der Waals surface area contributed by atoms with Crippen LogP contribution in [0.1, 0.15) is 39.0 Å². The first-order valence-corrected chi connectivity index (χ1v) is 12.3. The lowest BCUT2D eigenvalue weighted by Gasteiger charge is -2.39. The second-order valence-corrected chi connectivity index (χ2v) is 9.65. The number of esters is 1. The number of hydrogen-bond acceptors (Lipinski definition) is 9. The van der Waals surface area contributed by atoms with Gasteiger partial charge in [0.2, 0.25) is 12.5 Å². The van der Waals surface area contributed by atoms with Gasteiger partial charge in [0.1, 0.15) is 0 Å². The van der Waals surface area contributed by atoms with E-state index < -0.39 is 17.9 Å². The summed E-state index contributed by atoms with van der Waals surface area (Å²) in [7, 11) is 2.90. The van der Waals surface area contributed by atoms with Crippen LogP contribution in [0.25, 0.3) is 0 Å². The summed E-state index contributed by atoms with van der Waals surface area (Å²) >= 11 is 1.44. The highest BCUT2D eigenvalue weighted by Crippen LogP contribution is 2.55. The van der Waals surface area contributed by atoms with Crippen molar-refractivity contribution in [2.75, 3.05) is 27.6 Å². The van der Waals surface area contributed by atoms with E-state index in [9.17, 15) is 14.7 Å². The molecule has 2 N–H and O–H groups in total. The highest BCUT2D eigenvalue weighted by Gasteiger charge is 2.53. The van der Waals surface area contributed by atoms with Crippen LogP contribution >= 0.6 is 11.3 Å². The van der Waals surface area contributed by atoms with Crippen molar-refractivity contribution >= 4 is 23.2 Å². The molecular weight excluding hydrogens is 486 g/mol. The van der Waals surface area contributed by atoms with Crippen molar-refractivity contribution in [3.63, 3.8) is 0 Å². The molecule has 3 aromatic rings. The third kappa shape index (κ3) is 3.43. The summed E-state index contributed by atoms with van der Waals surface area (Å²) in [4.78, 5) is 26.3. The minimum Gasteiger partial charge on any atom is -0.502 e. The number of nitrogens with one attached hydrogen (secondary N) is 1. The molecule has 3 aliphatic rings. The fraction of sp³-hybridized carbons (Fsp3) is 0.308. The first kappa shape index (κ1) is 22.5. The molecule has 2 aliphatic heterocycles. The minimum atomic E-state index is -0.593. The van der Waals surface area contributed by atoms with E-state index in [-0.39, 0.29) is 48.4 Å². The second-order valence-electron chi connectivity index (χ2n) is 8.87. The SMILES string of the molecule is COc1cc([C@@H]2c3cc4c(cc3C(NC(=O)c3ccsc3)C3COC(=O)[C@@H]32)OCO4)cc(OC)c1O. The number of benzene rings is 2. The molecule has 0 spiro atoms. The lowest BCUT2D eigenvalue weighted by molar-refractivity contribution is -0.141. The number of carbonyl (C=O) groups excluding carboxylic acids is 2. The number of carbonyl (C=O) groups is 2. The summed E-state index contributed by atoms with van der Waals surface area (Å²) in [6, 6.07) is 8.40.